The molecule has 0 aliphatic heterocycles. The smallest absolute Gasteiger partial charge is 0.407 e. The highest BCUT2D eigenvalue weighted by atomic mass is 16.5. The molecular formula is C26H28N2O5. The summed E-state index contributed by atoms with van der Waals surface area (Å²) in [7, 11) is 0. The molecule has 33 heavy (non-hydrogen) atoms. The minimum atomic E-state index is -0.990. The Hall–Kier alpha value is -3.79. The molecule has 0 saturated heterocycles. The molecule has 2 aromatic rings. The number of carbonyl (C=O) groups is 3. The summed E-state index contributed by atoms with van der Waals surface area (Å²) in [5, 5.41) is 11.6. The third-order valence-electron chi connectivity index (χ3n) is 5.71. The number of ether oxygens (including phenoxy) is 1. The van der Waals surface area contributed by atoms with E-state index < -0.39 is 18.1 Å². The number of carboxylic acids is 1. The van der Waals surface area contributed by atoms with Gasteiger partial charge in [0.15, 0.2) is 0 Å². The number of likely N-dealkylation sites (N-methyl/N-ethyl adjacent to an activating group) is 1. The minimum Gasteiger partial charge on any atom is -0.481 e. The standard InChI is InChI=1S/C26H28N2O5/c1-3-5-14-23(25(31)28(4-2)16-15-24(29)30)27-26(32)33-17-22-20-12-8-6-10-18(20)19-11-7-9-13-21(19)22/h6-13,22-23H,4,14-17H2,1-2H3,(H,27,32)(H,29,30). The van der Waals surface area contributed by atoms with Gasteiger partial charge in [-0.15, -0.1) is 11.8 Å². The number of carboxylic acid groups (broad SMARTS) is 1. The van der Waals surface area contributed by atoms with Crippen molar-refractivity contribution in [1.82, 2.24) is 10.2 Å². The summed E-state index contributed by atoms with van der Waals surface area (Å²) in [5.74, 6) is 4.09. The van der Waals surface area contributed by atoms with Crippen LogP contribution in [-0.4, -0.2) is 53.7 Å². The Morgan fingerprint density at radius 3 is 2.24 bits per heavy atom. The van der Waals surface area contributed by atoms with Crippen LogP contribution in [0.5, 0.6) is 0 Å². The molecule has 0 saturated carbocycles. The van der Waals surface area contributed by atoms with Crippen LogP contribution in [0.15, 0.2) is 48.5 Å². The van der Waals surface area contributed by atoms with Crippen molar-refractivity contribution in [3.05, 3.63) is 59.7 Å². The molecule has 0 fully saturated rings. The molecule has 0 aromatic heterocycles. The van der Waals surface area contributed by atoms with Crippen LogP contribution >= 0.6 is 0 Å². The van der Waals surface area contributed by atoms with Crippen LogP contribution < -0.4 is 5.32 Å². The number of benzene rings is 2. The Kier molecular flexibility index (Phi) is 8.09. The van der Waals surface area contributed by atoms with Gasteiger partial charge >= 0.3 is 12.1 Å². The first-order valence-electron chi connectivity index (χ1n) is 11.0. The van der Waals surface area contributed by atoms with Gasteiger partial charge < -0.3 is 20.1 Å². The molecule has 0 heterocycles. The van der Waals surface area contributed by atoms with Gasteiger partial charge in [-0.2, -0.15) is 0 Å². The highest BCUT2D eigenvalue weighted by Crippen LogP contribution is 2.44. The predicted molar refractivity (Wildman–Crippen MR) is 125 cm³/mol. The number of nitrogens with one attached hydrogen (secondary N) is 1. The number of amides is 2. The number of nitrogens with zero attached hydrogens (tertiary/aromatic N) is 1. The monoisotopic (exact) mass is 448 g/mol. The molecule has 3 rings (SSSR count). The highest BCUT2D eigenvalue weighted by molar-refractivity contribution is 5.86. The maximum absolute atomic E-state index is 12.9. The van der Waals surface area contributed by atoms with Crippen LogP contribution in [0.1, 0.15) is 43.7 Å². The predicted octanol–water partition coefficient (Wildman–Crippen LogP) is 3.63. The van der Waals surface area contributed by atoms with Crippen LogP contribution in [0.2, 0.25) is 0 Å². The Labute approximate surface area is 193 Å². The van der Waals surface area contributed by atoms with Gasteiger partial charge in [0, 0.05) is 25.4 Å². The third kappa shape index (κ3) is 5.72. The van der Waals surface area contributed by atoms with E-state index in [1.54, 1.807) is 13.8 Å². The summed E-state index contributed by atoms with van der Waals surface area (Å²) in [6.07, 6.45) is -0.762. The normalized spacial score (nSPS) is 12.5. The van der Waals surface area contributed by atoms with Crippen molar-refractivity contribution in [3.63, 3.8) is 0 Å². The van der Waals surface area contributed by atoms with Crippen LogP contribution in [0, 0.1) is 11.8 Å². The molecular weight excluding hydrogens is 420 g/mol. The lowest BCUT2D eigenvalue weighted by Crippen LogP contribution is -2.49. The Morgan fingerprint density at radius 2 is 1.70 bits per heavy atom. The van der Waals surface area contributed by atoms with Crippen molar-refractivity contribution in [2.75, 3.05) is 19.7 Å². The van der Waals surface area contributed by atoms with Crippen LogP contribution in [0.3, 0.4) is 0 Å². The van der Waals surface area contributed by atoms with Gasteiger partial charge in [-0.05, 0) is 36.1 Å². The zero-order valence-corrected chi connectivity index (χ0v) is 18.8. The molecule has 2 aromatic carbocycles. The van der Waals surface area contributed by atoms with E-state index in [1.807, 2.05) is 36.4 Å². The lowest BCUT2D eigenvalue weighted by atomic mass is 9.98. The van der Waals surface area contributed by atoms with Gasteiger partial charge in [0.05, 0.1) is 6.42 Å². The summed E-state index contributed by atoms with van der Waals surface area (Å²) in [5.41, 5.74) is 4.46. The summed E-state index contributed by atoms with van der Waals surface area (Å²) in [6.45, 7) is 3.94. The molecule has 7 heteroatoms. The van der Waals surface area contributed by atoms with Gasteiger partial charge in [-0.3, -0.25) is 9.59 Å². The Morgan fingerprint density at radius 1 is 1.09 bits per heavy atom. The lowest BCUT2D eigenvalue weighted by molar-refractivity contribution is -0.139. The average Bonchev–Trinajstić information content (AvgIpc) is 3.14. The second-order valence-corrected chi connectivity index (χ2v) is 7.72. The maximum atomic E-state index is 12.9. The van der Waals surface area contributed by atoms with Gasteiger partial charge in [0.25, 0.3) is 0 Å². The van der Waals surface area contributed by atoms with E-state index in [-0.39, 0.29) is 37.8 Å². The fourth-order valence-corrected chi connectivity index (χ4v) is 4.06. The fourth-order valence-electron chi connectivity index (χ4n) is 4.06. The van der Waals surface area contributed by atoms with Gasteiger partial charge in [-0.1, -0.05) is 48.5 Å². The maximum Gasteiger partial charge on any atom is 0.407 e. The summed E-state index contributed by atoms with van der Waals surface area (Å²) < 4.78 is 5.55. The first-order valence-corrected chi connectivity index (χ1v) is 11.0. The molecule has 172 valence electrons. The van der Waals surface area contributed by atoms with E-state index in [0.717, 1.165) is 22.3 Å². The molecule has 0 bridgehead atoms. The molecule has 0 radical (unpaired) electrons. The third-order valence-corrected chi connectivity index (χ3v) is 5.71. The quantitative estimate of drug-likeness (QED) is 0.571. The Bertz CT molecular complexity index is 1040. The van der Waals surface area contributed by atoms with Crippen molar-refractivity contribution >= 4 is 18.0 Å². The number of aliphatic carboxylic acids is 1. The van der Waals surface area contributed by atoms with Crippen molar-refractivity contribution in [3.8, 4) is 23.0 Å². The van der Waals surface area contributed by atoms with E-state index in [4.69, 9.17) is 9.84 Å². The van der Waals surface area contributed by atoms with Gasteiger partial charge in [0.1, 0.15) is 12.6 Å². The topological polar surface area (TPSA) is 95.9 Å². The van der Waals surface area contributed by atoms with Gasteiger partial charge in [-0.25, -0.2) is 4.79 Å². The van der Waals surface area contributed by atoms with E-state index in [9.17, 15) is 14.4 Å². The SMILES string of the molecule is CC#CCC(NC(=O)OCC1c2ccccc2-c2ccccc21)C(=O)N(CC)CCC(=O)O. The molecule has 7 nitrogen and oxygen atoms in total. The summed E-state index contributed by atoms with van der Waals surface area (Å²) in [4.78, 5) is 37.8. The first-order chi connectivity index (χ1) is 16.0. The van der Waals surface area contributed by atoms with E-state index in [0.29, 0.717) is 6.54 Å². The molecule has 1 unspecified atom stereocenters. The van der Waals surface area contributed by atoms with Gasteiger partial charge in [0.2, 0.25) is 5.91 Å². The zero-order chi connectivity index (χ0) is 23.8. The number of rotatable bonds is 9. The highest BCUT2D eigenvalue weighted by Gasteiger charge is 2.30. The Balaban J connectivity index is 1.68. The van der Waals surface area contributed by atoms with Crippen molar-refractivity contribution in [2.45, 2.75) is 38.6 Å². The van der Waals surface area contributed by atoms with Crippen LogP contribution in [0.4, 0.5) is 4.79 Å². The molecule has 1 aliphatic rings. The number of fused-ring (bicyclic) bond motifs is 3. The number of alkyl carbamates (subject to hydrolysis) is 1. The minimum absolute atomic E-state index is 0.0626. The molecule has 2 amide bonds. The average molecular weight is 449 g/mol. The number of hydrogen-bond acceptors (Lipinski definition) is 4. The van der Waals surface area contributed by atoms with Crippen molar-refractivity contribution in [2.24, 2.45) is 0 Å². The number of carbonyl (C=O) groups excluding carboxylic acids is 2. The van der Waals surface area contributed by atoms with Crippen molar-refractivity contribution in [1.29, 1.82) is 0 Å². The van der Waals surface area contributed by atoms with Crippen molar-refractivity contribution < 1.29 is 24.2 Å². The van der Waals surface area contributed by atoms with Crippen LogP contribution in [0.25, 0.3) is 11.1 Å². The lowest BCUT2D eigenvalue weighted by Gasteiger charge is -2.25. The summed E-state index contributed by atoms with van der Waals surface area (Å²) >= 11 is 0. The fraction of sp³-hybridized carbons (Fsp3) is 0.346. The van der Waals surface area contributed by atoms with E-state index in [1.165, 1.54) is 4.90 Å². The number of hydrogen-bond donors (Lipinski definition) is 2. The first kappa shape index (κ1) is 23.9. The second kappa shape index (κ2) is 11.2. The molecule has 1 aliphatic carbocycles. The molecule has 2 N–H and O–H groups in total. The largest absolute Gasteiger partial charge is 0.481 e. The van der Waals surface area contributed by atoms with E-state index >= 15 is 0 Å². The summed E-state index contributed by atoms with van der Waals surface area (Å²) in [6, 6.07) is 15.2. The molecule has 1 atom stereocenters. The van der Waals surface area contributed by atoms with Crippen LogP contribution in [-0.2, 0) is 14.3 Å². The zero-order valence-electron chi connectivity index (χ0n) is 18.8. The van der Waals surface area contributed by atoms with E-state index in [2.05, 4.69) is 29.3 Å². The second-order valence-electron chi connectivity index (χ2n) is 7.72. The molecule has 0 spiro atoms.